The zero-order valence-electron chi connectivity index (χ0n) is 10.3. The summed E-state index contributed by atoms with van der Waals surface area (Å²) in [5, 5.41) is 0. The van der Waals surface area contributed by atoms with Gasteiger partial charge in [-0.15, -0.1) is 0 Å². The molecule has 94 valence electrons. The first kappa shape index (κ1) is 12.3. The second kappa shape index (κ2) is 5.48. The van der Waals surface area contributed by atoms with Crippen LogP contribution in [0, 0.1) is 11.8 Å². The summed E-state index contributed by atoms with van der Waals surface area (Å²) in [6.07, 6.45) is 9.82. The lowest BCUT2D eigenvalue weighted by Crippen LogP contribution is -2.43. The Morgan fingerprint density at radius 1 is 0.750 bits per heavy atom. The Balaban J connectivity index is 1.76. The molecule has 6 N–H and O–H groups in total. The molecule has 0 spiro atoms. The van der Waals surface area contributed by atoms with E-state index in [1.807, 2.05) is 0 Å². The van der Waals surface area contributed by atoms with E-state index in [0.29, 0.717) is 18.1 Å². The van der Waals surface area contributed by atoms with E-state index in [1.54, 1.807) is 0 Å². The summed E-state index contributed by atoms with van der Waals surface area (Å²) in [6.45, 7) is 0. The van der Waals surface area contributed by atoms with Crippen molar-refractivity contribution in [2.45, 2.75) is 69.5 Å². The molecule has 0 aromatic heterocycles. The molecule has 3 heteroatoms. The third-order valence-electron chi connectivity index (χ3n) is 4.62. The highest BCUT2D eigenvalue weighted by Crippen LogP contribution is 2.34. The lowest BCUT2D eigenvalue weighted by molar-refractivity contribution is 0.203. The van der Waals surface area contributed by atoms with Gasteiger partial charge in [-0.2, -0.15) is 0 Å². The Morgan fingerprint density at radius 3 is 2.00 bits per heavy atom. The Labute approximate surface area is 99.1 Å². The molecule has 2 saturated carbocycles. The van der Waals surface area contributed by atoms with Gasteiger partial charge in [-0.05, 0) is 63.2 Å². The normalized spacial score (nSPS) is 45.6. The van der Waals surface area contributed by atoms with Crippen LogP contribution < -0.4 is 17.2 Å². The Kier molecular flexibility index (Phi) is 4.22. The molecule has 0 amide bonds. The van der Waals surface area contributed by atoms with Gasteiger partial charge < -0.3 is 17.2 Å². The van der Waals surface area contributed by atoms with Crippen molar-refractivity contribution < 1.29 is 0 Å². The fraction of sp³-hybridized carbons (Fsp3) is 1.00. The maximum atomic E-state index is 6.21. The molecule has 0 saturated heterocycles. The van der Waals surface area contributed by atoms with Crippen molar-refractivity contribution in [3.63, 3.8) is 0 Å². The minimum Gasteiger partial charge on any atom is -0.328 e. The lowest BCUT2D eigenvalue weighted by Gasteiger charge is -2.36. The third-order valence-corrected chi connectivity index (χ3v) is 4.62. The molecule has 2 fully saturated rings. The van der Waals surface area contributed by atoms with E-state index in [-0.39, 0.29) is 0 Å². The molecule has 2 rings (SSSR count). The largest absolute Gasteiger partial charge is 0.328 e. The molecule has 0 radical (unpaired) electrons. The zero-order valence-corrected chi connectivity index (χ0v) is 10.3. The second-order valence-electron chi connectivity index (χ2n) is 6.01. The van der Waals surface area contributed by atoms with Gasteiger partial charge in [0.25, 0.3) is 0 Å². The van der Waals surface area contributed by atoms with Crippen LogP contribution >= 0.6 is 0 Å². The molecular weight excluding hydrogens is 198 g/mol. The van der Waals surface area contributed by atoms with Crippen LogP contribution in [0.5, 0.6) is 0 Å². The molecule has 3 unspecified atom stereocenters. The maximum Gasteiger partial charge on any atom is 0.00820 e. The summed E-state index contributed by atoms with van der Waals surface area (Å²) in [6, 6.07) is 1.16. The van der Waals surface area contributed by atoms with Crippen LogP contribution in [-0.2, 0) is 0 Å². The van der Waals surface area contributed by atoms with E-state index >= 15 is 0 Å². The molecule has 2 aliphatic rings. The molecule has 0 aliphatic heterocycles. The quantitative estimate of drug-likeness (QED) is 0.664. The fourth-order valence-corrected chi connectivity index (χ4v) is 3.45. The Bertz CT molecular complexity index is 211. The predicted octanol–water partition coefficient (Wildman–Crippen LogP) is 1.35. The van der Waals surface area contributed by atoms with E-state index in [4.69, 9.17) is 17.2 Å². The van der Waals surface area contributed by atoms with E-state index < -0.39 is 0 Å². The van der Waals surface area contributed by atoms with Gasteiger partial charge in [0.15, 0.2) is 0 Å². The van der Waals surface area contributed by atoms with Crippen molar-refractivity contribution in [2.75, 3.05) is 0 Å². The highest BCUT2D eigenvalue weighted by atomic mass is 14.7. The van der Waals surface area contributed by atoms with Crippen molar-refractivity contribution in [1.82, 2.24) is 0 Å². The predicted molar refractivity (Wildman–Crippen MR) is 67.8 cm³/mol. The fourth-order valence-electron chi connectivity index (χ4n) is 3.45. The first-order valence-corrected chi connectivity index (χ1v) is 6.92. The topological polar surface area (TPSA) is 78.1 Å². The van der Waals surface area contributed by atoms with Crippen molar-refractivity contribution in [3.8, 4) is 0 Å². The first-order valence-electron chi connectivity index (χ1n) is 6.92. The van der Waals surface area contributed by atoms with Gasteiger partial charge in [-0.25, -0.2) is 0 Å². The highest BCUT2D eigenvalue weighted by molar-refractivity contribution is 4.87. The van der Waals surface area contributed by atoms with Crippen LogP contribution in [0.2, 0.25) is 0 Å². The van der Waals surface area contributed by atoms with E-state index in [2.05, 4.69) is 0 Å². The van der Waals surface area contributed by atoms with Gasteiger partial charge in [0.1, 0.15) is 0 Å². The summed E-state index contributed by atoms with van der Waals surface area (Å²) in [7, 11) is 0. The van der Waals surface area contributed by atoms with Crippen molar-refractivity contribution in [1.29, 1.82) is 0 Å². The van der Waals surface area contributed by atoms with Gasteiger partial charge >= 0.3 is 0 Å². The monoisotopic (exact) mass is 225 g/mol. The van der Waals surface area contributed by atoms with Gasteiger partial charge in [0.2, 0.25) is 0 Å². The van der Waals surface area contributed by atoms with Crippen LogP contribution in [0.4, 0.5) is 0 Å². The second-order valence-corrected chi connectivity index (χ2v) is 6.01. The molecule has 0 aromatic carbocycles. The molecule has 0 bridgehead atoms. The number of hydrogen-bond acceptors (Lipinski definition) is 3. The molecule has 16 heavy (non-hydrogen) atoms. The van der Waals surface area contributed by atoms with Crippen molar-refractivity contribution in [2.24, 2.45) is 29.0 Å². The maximum absolute atomic E-state index is 6.21. The van der Waals surface area contributed by atoms with Crippen molar-refractivity contribution in [3.05, 3.63) is 0 Å². The van der Waals surface area contributed by atoms with Crippen LogP contribution in [0.3, 0.4) is 0 Å². The summed E-state index contributed by atoms with van der Waals surface area (Å²) in [5.74, 6) is 1.60. The highest BCUT2D eigenvalue weighted by Gasteiger charge is 2.29. The van der Waals surface area contributed by atoms with Gasteiger partial charge in [-0.1, -0.05) is 0 Å². The molecule has 0 heterocycles. The summed E-state index contributed by atoms with van der Waals surface area (Å²) in [4.78, 5) is 0. The summed E-state index contributed by atoms with van der Waals surface area (Å²) >= 11 is 0. The smallest absolute Gasteiger partial charge is 0.00820 e. The summed E-state index contributed by atoms with van der Waals surface area (Å²) < 4.78 is 0. The van der Waals surface area contributed by atoms with E-state index in [1.165, 1.54) is 44.9 Å². The number of rotatable bonds is 2. The molecule has 0 aromatic rings. The molecule has 2 aliphatic carbocycles. The molecular formula is C13H27N3. The van der Waals surface area contributed by atoms with E-state index in [9.17, 15) is 0 Å². The Morgan fingerprint density at radius 2 is 1.38 bits per heavy atom. The van der Waals surface area contributed by atoms with Crippen LogP contribution in [0.1, 0.15) is 51.4 Å². The Hall–Kier alpha value is -0.120. The van der Waals surface area contributed by atoms with Crippen LogP contribution in [0.25, 0.3) is 0 Å². The van der Waals surface area contributed by atoms with Gasteiger partial charge in [-0.3, -0.25) is 0 Å². The average Bonchev–Trinajstić information content (AvgIpc) is 2.25. The molecule has 3 nitrogen and oxygen atoms in total. The zero-order chi connectivity index (χ0) is 11.5. The SMILES string of the molecule is NC1CCC(CC2CCC(N)CC2N)CC1. The number of nitrogens with two attached hydrogens (primary N) is 3. The van der Waals surface area contributed by atoms with Crippen molar-refractivity contribution >= 4 is 0 Å². The average molecular weight is 225 g/mol. The molecule has 3 atom stereocenters. The minimum absolute atomic E-state index is 0.347. The van der Waals surface area contributed by atoms with Crippen LogP contribution in [-0.4, -0.2) is 18.1 Å². The standard InChI is InChI=1S/C13H27N3/c14-11-4-1-9(2-5-11)7-10-3-6-12(15)8-13(10)16/h9-13H,1-8,14-16H2. The van der Waals surface area contributed by atoms with E-state index in [0.717, 1.165) is 18.3 Å². The van der Waals surface area contributed by atoms with Gasteiger partial charge in [0.05, 0.1) is 0 Å². The third kappa shape index (κ3) is 3.19. The van der Waals surface area contributed by atoms with Crippen LogP contribution in [0.15, 0.2) is 0 Å². The first-order chi connectivity index (χ1) is 7.65. The van der Waals surface area contributed by atoms with Gasteiger partial charge in [0, 0.05) is 18.1 Å². The summed E-state index contributed by atoms with van der Waals surface area (Å²) in [5.41, 5.74) is 18.1. The minimum atomic E-state index is 0.347. The lowest BCUT2D eigenvalue weighted by atomic mass is 9.74. The number of hydrogen-bond donors (Lipinski definition) is 3.